The number of aliphatic hydroxyl groups excluding tert-OH is 2. The van der Waals surface area contributed by atoms with Gasteiger partial charge in [0.1, 0.15) is 5.75 Å². The van der Waals surface area contributed by atoms with Gasteiger partial charge in [-0.05, 0) is 60.3 Å². The molecule has 192 valence electrons. The lowest BCUT2D eigenvalue weighted by Gasteiger charge is -2.45. The summed E-state index contributed by atoms with van der Waals surface area (Å²) >= 11 is 0. The molecule has 1 saturated heterocycles. The van der Waals surface area contributed by atoms with Crippen molar-refractivity contribution in [3.63, 3.8) is 0 Å². The average Bonchev–Trinajstić information content (AvgIpc) is 3.32. The van der Waals surface area contributed by atoms with E-state index in [1.54, 1.807) is 18.0 Å². The number of piperidine rings is 1. The van der Waals surface area contributed by atoms with E-state index in [1.165, 1.54) is 11.1 Å². The van der Waals surface area contributed by atoms with Gasteiger partial charge in [-0.15, -0.1) is 0 Å². The largest absolute Gasteiger partial charge is 0.483 e. The summed E-state index contributed by atoms with van der Waals surface area (Å²) in [4.78, 5) is 29.9. The van der Waals surface area contributed by atoms with Crippen LogP contribution in [0.25, 0.3) is 0 Å². The number of fused-ring (bicyclic) bond motifs is 2. The molecule has 2 amide bonds. The van der Waals surface area contributed by atoms with Gasteiger partial charge in [-0.1, -0.05) is 42.5 Å². The van der Waals surface area contributed by atoms with Gasteiger partial charge in [-0.25, -0.2) is 0 Å². The van der Waals surface area contributed by atoms with Crippen LogP contribution in [0.4, 0.5) is 0 Å². The highest BCUT2D eigenvalue weighted by Gasteiger charge is 2.42. The first-order chi connectivity index (χ1) is 17.3. The highest BCUT2D eigenvalue weighted by atomic mass is 16.5. The predicted octanol–water partition coefficient (Wildman–Crippen LogP) is 2.22. The number of nitrogens with zero attached hydrogens (tertiary/aromatic N) is 2. The molecule has 3 aliphatic rings. The number of rotatable bonds is 1. The lowest BCUT2D eigenvalue weighted by Crippen LogP contribution is -2.52. The third-order valence-electron chi connectivity index (χ3n) is 8.37. The van der Waals surface area contributed by atoms with Gasteiger partial charge in [-0.2, -0.15) is 0 Å². The number of ether oxygens (including phenoxy) is 1. The summed E-state index contributed by atoms with van der Waals surface area (Å²) in [5.74, 6) is 0.620. The van der Waals surface area contributed by atoms with Crippen molar-refractivity contribution in [2.75, 3.05) is 33.3 Å². The van der Waals surface area contributed by atoms with Gasteiger partial charge in [0.2, 0.25) is 5.91 Å². The third-order valence-corrected chi connectivity index (χ3v) is 8.37. The Morgan fingerprint density at radius 1 is 0.917 bits per heavy atom. The van der Waals surface area contributed by atoms with Crippen molar-refractivity contribution >= 4 is 11.8 Å². The lowest BCUT2D eigenvalue weighted by molar-refractivity contribution is -0.141. The molecule has 7 heteroatoms. The van der Waals surface area contributed by atoms with Crippen LogP contribution in [0.1, 0.15) is 36.0 Å². The number of likely N-dealkylation sites (N-methyl/N-ethyl adjacent to an activating group) is 1. The van der Waals surface area contributed by atoms with Crippen molar-refractivity contribution in [3.05, 3.63) is 65.2 Å². The lowest BCUT2D eigenvalue weighted by atomic mass is 9.72. The molecular formula is C29H36N2O5. The number of likely N-dealkylation sites (tertiary alicyclic amines) is 1. The zero-order chi connectivity index (χ0) is 25.3. The molecule has 0 radical (unpaired) electrons. The number of carbonyl (C=O) groups excluding carboxylic acids is 2. The number of hydrogen-bond acceptors (Lipinski definition) is 5. The third kappa shape index (κ3) is 5.13. The van der Waals surface area contributed by atoms with E-state index in [0.29, 0.717) is 44.6 Å². The van der Waals surface area contributed by atoms with Crippen LogP contribution in [-0.2, 0) is 28.9 Å². The molecule has 1 spiro atoms. The Kier molecular flexibility index (Phi) is 7.04. The smallest absolute Gasteiger partial charge is 0.260 e. The Morgan fingerprint density at radius 2 is 1.53 bits per heavy atom. The van der Waals surface area contributed by atoms with Crippen molar-refractivity contribution in [1.82, 2.24) is 9.80 Å². The van der Waals surface area contributed by atoms with Crippen LogP contribution < -0.4 is 4.74 Å². The van der Waals surface area contributed by atoms with Gasteiger partial charge in [0.25, 0.3) is 5.91 Å². The summed E-state index contributed by atoms with van der Waals surface area (Å²) in [5.41, 5.74) is 2.93. The highest BCUT2D eigenvalue weighted by molar-refractivity contribution is 5.80. The maximum atomic E-state index is 13.4. The summed E-state index contributed by atoms with van der Waals surface area (Å²) in [7, 11) is 1.77. The number of hydrogen-bond donors (Lipinski definition) is 2. The minimum atomic E-state index is -0.941. The summed E-state index contributed by atoms with van der Waals surface area (Å²) in [6.07, 6.45) is 1.70. The van der Waals surface area contributed by atoms with E-state index in [2.05, 4.69) is 12.1 Å². The summed E-state index contributed by atoms with van der Waals surface area (Å²) in [5, 5.41) is 21.9. The van der Waals surface area contributed by atoms with Crippen LogP contribution >= 0.6 is 0 Å². The molecule has 2 aliphatic heterocycles. The molecule has 0 bridgehead atoms. The number of para-hydroxylation sites is 1. The summed E-state index contributed by atoms with van der Waals surface area (Å²) < 4.78 is 5.80. The van der Waals surface area contributed by atoms with Crippen molar-refractivity contribution in [1.29, 1.82) is 0 Å². The molecule has 36 heavy (non-hydrogen) atoms. The Labute approximate surface area is 212 Å². The van der Waals surface area contributed by atoms with Crippen LogP contribution in [-0.4, -0.2) is 77.3 Å². The molecule has 2 heterocycles. The maximum absolute atomic E-state index is 13.4. The van der Waals surface area contributed by atoms with Gasteiger partial charge < -0.3 is 24.7 Å². The number of benzene rings is 2. The second-order valence-corrected chi connectivity index (χ2v) is 10.9. The molecule has 1 aliphatic carbocycles. The van der Waals surface area contributed by atoms with Gasteiger partial charge in [0, 0.05) is 39.0 Å². The summed E-state index contributed by atoms with van der Waals surface area (Å²) in [6.45, 7) is 1.57. The van der Waals surface area contributed by atoms with Crippen molar-refractivity contribution < 1.29 is 24.5 Å². The molecule has 2 atom stereocenters. The SMILES string of the molecule is CN1CC2(CCN(C(=O)C3Cc4ccccc4C3)CC2)C[C@@H](O)[C@@H](O)Cc2ccccc2OCC1=O. The Hall–Kier alpha value is -2.90. The normalized spacial score (nSPS) is 24.9. The number of aliphatic hydroxyl groups is 2. The van der Waals surface area contributed by atoms with Crippen LogP contribution in [0, 0.1) is 11.3 Å². The molecule has 1 fully saturated rings. The fourth-order valence-corrected chi connectivity index (χ4v) is 6.22. The van der Waals surface area contributed by atoms with E-state index in [9.17, 15) is 19.8 Å². The summed E-state index contributed by atoms with van der Waals surface area (Å²) in [6, 6.07) is 15.6. The Morgan fingerprint density at radius 3 is 2.19 bits per heavy atom. The van der Waals surface area contributed by atoms with Gasteiger partial charge in [-0.3, -0.25) is 9.59 Å². The van der Waals surface area contributed by atoms with Gasteiger partial charge in [0.05, 0.1) is 12.2 Å². The van der Waals surface area contributed by atoms with Crippen molar-refractivity contribution in [2.45, 2.75) is 50.7 Å². The molecule has 0 aromatic heterocycles. The first-order valence-corrected chi connectivity index (χ1v) is 13.0. The number of amides is 2. The van der Waals surface area contributed by atoms with E-state index >= 15 is 0 Å². The zero-order valence-electron chi connectivity index (χ0n) is 20.9. The van der Waals surface area contributed by atoms with Crippen LogP contribution in [0.15, 0.2) is 48.5 Å². The molecule has 0 saturated carbocycles. The Bertz CT molecular complexity index is 1090. The van der Waals surface area contributed by atoms with Crippen LogP contribution in [0.2, 0.25) is 0 Å². The first kappa shape index (κ1) is 24.8. The standard InChI is InChI=1S/C29H36N2O5/c1-30-19-29(17-25(33)24(32)16-22-8-4-5-9-26(22)36-18-27(30)34)10-12-31(13-11-29)28(35)23-14-20-6-2-3-7-21(20)15-23/h2-9,23-25,32-33H,10-19H2,1H3/t24-,25+/m0/s1. The first-order valence-electron chi connectivity index (χ1n) is 13.0. The molecule has 7 nitrogen and oxygen atoms in total. The average molecular weight is 493 g/mol. The monoisotopic (exact) mass is 492 g/mol. The minimum absolute atomic E-state index is 0.0124. The van der Waals surface area contributed by atoms with E-state index in [4.69, 9.17) is 4.74 Å². The van der Waals surface area contributed by atoms with Crippen molar-refractivity contribution in [3.8, 4) is 5.75 Å². The second-order valence-electron chi connectivity index (χ2n) is 10.9. The molecule has 5 rings (SSSR count). The predicted molar refractivity (Wildman–Crippen MR) is 135 cm³/mol. The van der Waals surface area contributed by atoms with E-state index in [0.717, 1.165) is 18.4 Å². The molecule has 2 N–H and O–H groups in total. The molecule has 0 unspecified atom stereocenters. The number of carbonyl (C=O) groups is 2. The van der Waals surface area contributed by atoms with Gasteiger partial charge in [0.15, 0.2) is 6.61 Å². The molecular weight excluding hydrogens is 456 g/mol. The van der Waals surface area contributed by atoms with Crippen LogP contribution in [0.3, 0.4) is 0 Å². The quantitative estimate of drug-likeness (QED) is 0.637. The maximum Gasteiger partial charge on any atom is 0.260 e. The van der Waals surface area contributed by atoms with Gasteiger partial charge >= 0.3 is 0 Å². The topological polar surface area (TPSA) is 90.3 Å². The van der Waals surface area contributed by atoms with Crippen molar-refractivity contribution in [2.24, 2.45) is 11.3 Å². The van der Waals surface area contributed by atoms with E-state index in [-0.39, 0.29) is 36.2 Å². The molecule has 2 aromatic rings. The fourth-order valence-electron chi connectivity index (χ4n) is 6.22. The highest BCUT2D eigenvalue weighted by Crippen LogP contribution is 2.39. The fraction of sp³-hybridized carbons (Fsp3) is 0.517. The minimum Gasteiger partial charge on any atom is -0.483 e. The van der Waals surface area contributed by atoms with Crippen LogP contribution in [0.5, 0.6) is 5.75 Å². The second kappa shape index (κ2) is 10.2. The molecule has 2 aromatic carbocycles. The zero-order valence-corrected chi connectivity index (χ0v) is 20.9. The Balaban J connectivity index is 1.29. The van der Waals surface area contributed by atoms with E-state index in [1.807, 2.05) is 35.2 Å². The van der Waals surface area contributed by atoms with E-state index < -0.39 is 12.2 Å².